The Morgan fingerprint density at radius 1 is 1.44 bits per heavy atom. The standard InChI is InChI=1S/C12H17N3O3/c1-3-15(2)11(16)7-14-8-4-5-9(12(17)18)10(13)6-8/h4-6,14H,3,7,13H2,1-2H3,(H,17,18). The smallest absolute Gasteiger partial charge is 0.337 e. The summed E-state index contributed by atoms with van der Waals surface area (Å²) in [5, 5.41) is 11.7. The van der Waals surface area contributed by atoms with Crippen molar-refractivity contribution in [2.24, 2.45) is 0 Å². The summed E-state index contributed by atoms with van der Waals surface area (Å²) in [4.78, 5) is 23.9. The van der Waals surface area contributed by atoms with Crippen molar-refractivity contribution in [2.75, 3.05) is 31.2 Å². The summed E-state index contributed by atoms with van der Waals surface area (Å²) in [7, 11) is 1.71. The van der Waals surface area contributed by atoms with E-state index in [0.717, 1.165) is 0 Å². The topological polar surface area (TPSA) is 95.7 Å². The van der Waals surface area contributed by atoms with Gasteiger partial charge in [-0.15, -0.1) is 0 Å². The number of nitrogens with zero attached hydrogens (tertiary/aromatic N) is 1. The van der Waals surface area contributed by atoms with Gasteiger partial charge in [0.15, 0.2) is 0 Å². The minimum absolute atomic E-state index is 0.0432. The molecule has 0 aliphatic carbocycles. The third-order valence-electron chi connectivity index (χ3n) is 2.63. The van der Waals surface area contributed by atoms with Crippen LogP contribution in [-0.2, 0) is 4.79 Å². The maximum atomic E-state index is 11.5. The quantitative estimate of drug-likeness (QED) is 0.674. The van der Waals surface area contributed by atoms with Crippen molar-refractivity contribution in [2.45, 2.75) is 6.92 Å². The Morgan fingerprint density at radius 2 is 2.11 bits per heavy atom. The summed E-state index contributed by atoms with van der Waals surface area (Å²) in [6, 6.07) is 4.50. The molecule has 0 saturated carbocycles. The van der Waals surface area contributed by atoms with E-state index in [1.54, 1.807) is 18.0 Å². The van der Waals surface area contributed by atoms with Crippen molar-refractivity contribution in [3.8, 4) is 0 Å². The monoisotopic (exact) mass is 251 g/mol. The van der Waals surface area contributed by atoms with Gasteiger partial charge in [0.1, 0.15) is 0 Å². The molecule has 6 heteroatoms. The Hall–Kier alpha value is -2.24. The van der Waals surface area contributed by atoms with Crippen molar-refractivity contribution in [3.05, 3.63) is 23.8 Å². The predicted molar refractivity (Wildman–Crippen MR) is 69.6 cm³/mol. The molecule has 1 aromatic rings. The number of carbonyl (C=O) groups is 2. The predicted octanol–water partition coefficient (Wildman–Crippen LogP) is 0.857. The lowest BCUT2D eigenvalue weighted by molar-refractivity contribution is -0.127. The van der Waals surface area contributed by atoms with E-state index in [9.17, 15) is 9.59 Å². The van der Waals surface area contributed by atoms with Gasteiger partial charge in [0.05, 0.1) is 12.1 Å². The van der Waals surface area contributed by atoms with Gasteiger partial charge in [-0.3, -0.25) is 4.79 Å². The molecule has 0 fully saturated rings. The van der Waals surface area contributed by atoms with Crippen molar-refractivity contribution >= 4 is 23.3 Å². The molecule has 98 valence electrons. The van der Waals surface area contributed by atoms with Crippen molar-refractivity contribution in [1.29, 1.82) is 0 Å². The maximum Gasteiger partial charge on any atom is 0.337 e. The van der Waals surface area contributed by atoms with E-state index in [2.05, 4.69) is 5.32 Å². The number of hydrogen-bond donors (Lipinski definition) is 3. The maximum absolute atomic E-state index is 11.5. The number of benzene rings is 1. The number of nitrogens with two attached hydrogens (primary N) is 1. The highest BCUT2D eigenvalue weighted by Gasteiger charge is 2.09. The first-order valence-electron chi connectivity index (χ1n) is 5.56. The highest BCUT2D eigenvalue weighted by atomic mass is 16.4. The molecule has 0 aliphatic heterocycles. The Morgan fingerprint density at radius 3 is 2.61 bits per heavy atom. The van der Waals surface area contributed by atoms with Crippen molar-refractivity contribution in [1.82, 2.24) is 4.90 Å². The van der Waals surface area contributed by atoms with E-state index >= 15 is 0 Å². The van der Waals surface area contributed by atoms with E-state index in [-0.39, 0.29) is 23.7 Å². The highest BCUT2D eigenvalue weighted by molar-refractivity contribution is 5.94. The number of hydrogen-bond acceptors (Lipinski definition) is 4. The average Bonchev–Trinajstić information content (AvgIpc) is 2.34. The molecule has 0 aliphatic rings. The van der Waals surface area contributed by atoms with Gasteiger partial charge in [0.25, 0.3) is 0 Å². The van der Waals surface area contributed by atoms with Crippen LogP contribution in [0.2, 0.25) is 0 Å². The second kappa shape index (κ2) is 5.90. The van der Waals surface area contributed by atoms with Gasteiger partial charge in [-0.25, -0.2) is 4.79 Å². The molecule has 0 spiro atoms. The first-order chi connectivity index (χ1) is 8.45. The minimum Gasteiger partial charge on any atom is -0.478 e. The summed E-state index contributed by atoms with van der Waals surface area (Å²) >= 11 is 0. The van der Waals surface area contributed by atoms with Crippen LogP contribution >= 0.6 is 0 Å². The number of amides is 1. The second-order valence-corrected chi connectivity index (χ2v) is 3.87. The second-order valence-electron chi connectivity index (χ2n) is 3.87. The van der Waals surface area contributed by atoms with Gasteiger partial charge < -0.3 is 21.1 Å². The Kier molecular flexibility index (Phi) is 4.53. The Bertz CT molecular complexity index is 460. The zero-order chi connectivity index (χ0) is 13.7. The van der Waals surface area contributed by atoms with Crippen LogP contribution < -0.4 is 11.1 Å². The Labute approximate surface area is 105 Å². The van der Waals surface area contributed by atoms with E-state index in [1.807, 2.05) is 6.92 Å². The summed E-state index contributed by atoms with van der Waals surface area (Å²) in [6.45, 7) is 2.67. The van der Waals surface area contributed by atoms with Crippen LogP contribution in [0.4, 0.5) is 11.4 Å². The van der Waals surface area contributed by atoms with Crippen LogP contribution in [0.25, 0.3) is 0 Å². The number of rotatable bonds is 5. The number of anilines is 2. The molecule has 0 heterocycles. The van der Waals surface area contributed by atoms with Crippen molar-refractivity contribution < 1.29 is 14.7 Å². The van der Waals surface area contributed by atoms with Crippen LogP contribution in [0.1, 0.15) is 17.3 Å². The summed E-state index contributed by atoms with van der Waals surface area (Å²) in [5.74, 6) is -1.11. The molecule has 0 aromatic heterocycles. The molecule has 0 radical (unpaired) electrons. The van der Waals surface area contributed by atoms with E-state index in [1.165, 1.54) is 12.1 Å². The van der Waals surface area contributed by atoms with E-state index in [4.69, 9.17) is 10.8 Å². The third kappa shape index (κ3) is 3.38. The van der Waals surface area contributed by atoms with Crippen LogP contribution in [0, 0.1) is 0 Å². The molecule has 0 atom stereocenters. The van der Waals surface area contributed by atoms with Gasteiger partial charge in [-0.05, 0) is 25.1 Å². The molecule has 1 aromatic carbocycles. The molecule has 4 N–H and O–H groups in total. The largest absolute Gasteiger partial charge is 0.478 e. The number of aromatic carboxylic acids is 1. The van der Waals surface area contributed by atoms with Crippen LogP contribution in [0.15, 0.2) is 18.2 Å². The minimum atomic E-state index is -1.07. The molecule has 18 heavy (non-hydrogen) atoms. The lowest BCUT2D eigenvalue weighted by atomic mass is 10.1. The fourth-order valence-electron chi connectivity index (χ4n) is 1.36. The fraction of sp³-hybridized carbons (Fsp3) is 0.333. The number of nitrogens with one attached hydrogen (secondary N) is 1. The number of carboxylic acids is 1. The zero-order valence-electron chi connectivity index (χ0n) is 10.4. The molecule has 0 unspecified atom stereocenters. The third-order valence-corrected chi connectivity index (χ3v) is 2.63. The van der Waals surface area contributed by atoms with Gasteiger partial charge in [0.2, 0.25) is 5.91 Å². The van der Waals surface area contributed by atoms with Gasteiger partial charge >= 0.3 is 5.97 Å². The Balaban J connectivity index is 2.67. The molecular formula is C12H17N3O3. The van der Waals surface area contributed by atoms with E-state index < -0.39 is 5.97 Å². The van der Waals surface area contributed by atoms with Crippen LogP contribution in [0.5, 0.6) is 0 Å². The van der Waals surface area contributed by atoms with Gasteiger partial charge in [-0.2, -0.15) is 0 Å². The average molecular weight is 251 g/mol. The molecule has 6 nitrogen and oxygen atoms in total. The number of nitrogen functional groups attached to an aromatic ring is 1. The summed E-state index contributed by atoms with van der Waals surface area (Å²) in [5.41, 5.74) is 6.44. The highest BCUT2D eigenvalue weighted by Crippen LogP contribution is 2.17. The van der Waals surface area contributed by atoms with Gasteiger partial charge in [0, 0.05) is 25.0 Å². The molecule has 1 amide bonds. The lowest BCUT2D eigenvalue weighted by Crippen LogP contribution is -2.31. The van der Waals surface area contributed by atoms with E-state index in [0.29, 0.717) is 12.2 Å². The molecule has 1 rings (SSSR count). The number of likely N-dealkylation sites (N-methyl/N-ethyl adjacent to an activating group) is 1. The first-order valence-corrected chi connectivity index (χ1v) is 5.56. The lowest BCUT2D eigenvalue weighted by Gasteiger charge is -2.15. The van der Waals surface area contributed by atoms with Crippen LogP contribution in [0.3, 0.4) is 0 Å². The van der Waals surface area contributed by atoms with Gasteiger partial charge in [-0.1, -0.05) is 0 Å². The molecule has 0 bridgehead atoms. The number of carboxylic acid groups (broad SMARTS) is 1. The SMILES string of the molecule is CCN(C)C(=O)CNc1ccc(C(=O)O)c(N)c1. The zero-order valence-corrected chi connectivity index (χ0v) is 10.4. The first kappa shape index (κ1) is 13.8. The normalized spacial score (nSPS) is 9.89. The van der Waals surface area contributed by atoms with Crippen molar-refractivity contribution in [3.63, 3.8) is 0 Å². The summed E-state index contributed by atoms with van der Waals surface area (Å²) < 4.78 is 0. The molecular weight excluding hydrogens is 234 g/mol. The van der Waals surface area contributed by atoms with Crippen LogP contribution in [-0.4, -0.2) is 42.0 Å². The fourth-order valence-corrected chi connectivity index (χ4v) is 1.36. The molecule has 0 saturated heterocycles. The number of carbonyl (C=O) groups excluding carboxylic acids is 1. The summed E-state index contributed by atoms with van der Waals surface area (Å²) in [6.07, 6.45) is 0.